The molecule has 0 aliphatic heterocycles. The van der Waals surface area contributed by atoms with E-state index in [0.29, 0.717) is 35.5 Å². The van der Waals surface area contributed by atoms with Gasteiger partial charge in [-0.05, 0) is 50.6 Å². The molecule has 0 saturated carbocycles. The Morgan fingerprint density at radius 2 is 2.00 bits per heavy atom. The van der Waals surface area contributed by atoms with Crippen molar-refractivity contribution in [3.63, 3.8) is 0 Å². The summed E-state index contributed by atoms with van der Waals surface area (Å²) in [6, 6.07) is 11.2. The van der Waals surface area contributed by atoms with E-state index in [4.69, 9.17) is 13.9 Å². The van der Waals surface area contributed by atoms with Crippen molar-refractivity contribution in [2.45, 2.75) is 25.8 Å². The minimum atomic E-state index is -0.523. The number of carbonyl (C=O) groups is 2. The molecule has 1 aromatic carbocycles. The largest absolute Gasteiger partial charge is 0.492 e. The highest BCUT2D eigenvalue weighted by atomic mass is 32.2. The van der Waals surface area contributed by atoms with Gasteiger partial charge in [-0.2, -0.15) is 0 Å². The zero-order chi connectivity index (χ0) is 22.9. The molecule has 3 aromatic rings. The van der Waals surface area contributed by atoms with Crippen LogP contribution < -0.4 is 10.1 Å². The molecule has 0 saturated heterocycles. The molecule has 2 aromatic heterocycles. The van der Waals surface area contributed by atoms with Gasteiger partial charge in [0.2, 0.25) is 5.91 Å². The fourth-order valence-electron chi connectivity index (χ4n) is 2.85. The first kappa shape index (κ1) is 23.3. The Labute approximate surface area is 190 Å². The summed E-state index contributed by atoms with van der Waals surface area (Å²) in [6.45, 7) is 6.35. The SMILES string of the molecule is CCOC(=O)c1c(C)nc(-c2ccco2)nc1SCC(=O)NCCOc1cccc(C)c1. The molecule has 0 fully saturated rings. The second-order valence-electron chi connectivity index (χ2n) is 6.81. The summed E-state index contributed by atoms with van der Waals surface area (Å²) < 4.78 is 16.1. The standard InChI is InChI=1S/C23H25N3O5S/c1-4-29-23(28)20-16(3)25-21(18-9-6-11-31-18)26-22(20)32-14-19(27)24-10-12-30-17-8-5-7-15(2)13-17/h5-9,11,13H,4,10,12,14H2,1-3H3,(H,24,27). The fourth-order valence-corrected chi connectivity index (χ4v) is 3.75. The van der Waals surface area contributed by atoms with Crippen molar-refractivity contribution >= 4 is 23.6 Å². The van der Waals surface area contributed by atoms with E-state index in [1.54, 1.807) is 26.0 Å². The molecule has 32 heavy (non-hydrogen) atoms. The maximum absolute atomic E-state index is 12.4. The number of thioether (sulfide) groups is 1. The lowest BCUT2D eigenvalue weighted by Crippen LogP contribution is -2.29. The van der Waals surface area contributed by atoms with Gasteiger partial charge in [-0.3, -0.25) is 4.79 Å². The summed E-state index contributed by atoms with van der Waals surface area (Å²) in [7, 11) is 0. The van der Waals surface area contributed by atoms with Crippen molar-refractivity contribution in [1.29, 1.82) is 0 Å². The number of furan rings is 1. The molecular formula is C23H25N3O5S. The third-order valence-electron chi connectivity index (χ3n) is 4.30. The van der Waals surface area contributed by atoms with Crippen LogP contribution >= 0.6 is 11.8 Å². The molecule has 2 heterocycles. The van der Waals surface area contributed by atoms with Crippen molar-refractivity contribution in [3.05, 3.63) is 59.5 Å². The number of carbonyl (C=O) groups excluding carboxylic acids is 2. The summed E-state index contributed by atoms with van der Waals surface area (Å²) in [4.78, 5) is 33.6. The maximum atomic E-state index is 12.4. The minimum absolute atomic E-state index is 0.0743. The number of ether oxygens (including phenoxy) is 2. The molecular weight excluding hydrogens is 430 g/mol. The highest BCUT2D eigenvalue weighted by molar-refractivity contribution is 8.00. The second kappa shape index (κ2) is 11.3. The monoisotopic (exact) mass is 455 g/mol. The predicted octanol–water partition coefficient (Wildman–Crippen LogP) is 3.82. The molecule has 8 nitrogen and oxygen atoms in total. The van der Waals surface area contributed by atoms with E-state index in [9.17, 15) is 9.59 Å². The predicted molar refractivity (Wildman–Crippen MR) is 121 cm³/mol. The number of esters is 1. The van der Waals surface area contributed by atoms with Gasteiger partial charge in [0.05, 0.1) is 30.9 Å². The highest BCUT2D eigenvalue weighted by Crippen LogP contribution is 2.27. The number of amides is 1. The van der Waals surface area contributed by atoms with E-state index in [2.05, 4.69) is 15.3 Å². The van der Waals surface area contributed by atoms with E-state index in [1.807, 2.05) is 31.2 Å². The first-order valence-electron chi connectivity index (χ1n) is 10.2. The molecule has 0 aliphatic rings. The first-order chi connectivity index (χ1) is 15.5. The summed E-state index contributed by atoms with van der Waals surface area (Å²) >= 11 is 1.14. The quantitative estimate of drug-likeness (QED) is 0.213. The van der Waals surface area contributed by atoms with Gasteiger partial charge in [-0.15, -0.1) is 0 Å². The molecule has 1 amide bonds. The number of nitrogens with zero attached hydrogens (tertiary/aromatic N) is 2. The Morgan fingerprint density at radius 3 is 2.72 bits per heavy atom. The van der Waals surface area contributed by atoms with E-state index >= 15 is 0 Å². The number of hydrogen-bond acceptors (Lipinski definition) is 8. The van der Waals surface area contributed by atoms with Gasteiger partial charge in [-0.25, -0.2) is 14.8 Å². The van der Waals surface area contributed by atoms with Gasteiger partial charge in [0.1, 0.15) is 22.9 Å². The summed E-state index contributed by atoms with van der Waals surface area (Å²) in [5.74, 6) is 0.928. The van der Waals surface area contributed by atoms with Crippen LogP contribution in [0.1, 0.15) is 28.5 Å². The lowest BCUT2D eigenvalue weighted by molar-refractivity contribution is -0.118. The van der Waals surface area contributed by atoms with Gasteiger partial charge >= 0.3 is 5.97 Å². The van der Waals surface area contributed by atoms with Crippen LogP contribution in [0.25, 0.3) is 11.6 Å². The Balaban J connectivity index is 1.61. The molecule has 0 radical (unpaired) electrons. The summed E-state index contributed by atoms with van der Waals surface area (Å²) in [5.41, 5.74) is 1.82. The lowest BCUT2D eigenvalue weighted by Gasteiger charge is -2.12. The highest BCUT2D eigenvalue weighted by Gasteiger charge is 2.22. The van der Waals surface area contributed by atoms with E-state index in [0.717, 1.165) is 23.1 Å². The Bertz CT molecular complexity index is 1070. The number of aromatic nitrogens is 2. The zero-order valence-electron chi connectivity index (χ0n) is 18.2. The van der Waals surface area contributed by atoms with Crippen molar-refractivity contribution < 1.29 is 23.5 Å². The molecule has 9 heteroatoms. The fraction of sp³-hybridized carbons (Fsp3) is 0.304. The number of rotatable bonds is 10. The van der Waals surface area contributed by atoms with Gasteiger partial charge in [-0.1, -0.05) is 23.9 Å². The molecule has 0 aliphatic carbocycles. The molecule has 0 unspecified atom stereocenters. The van der Waals surface area contributed by atoms with Crippen LogP contribution in [0.2, 0.25) is 0 Å². The number of aryl methyl sites for hydroxylation is 2. The molecule has 0 spiro atoms. The molecule has 168 valence electrons. The average molecular weight is 456 g/mol. The molecule has 0 atom stereocenters. The second-order valence-corrected chi connectivity index (χ2v) is 7.78. The normalized spacial score (nSPS) is 10.6. The van der Waals surface area contributed by atoms with Gasteiger partial charge in [0, 0.05) is 0 Å². The van der Waals surface area contributed by atoms with E-state index in [-0.39, 0.29) is 23.8 Å². The topological polar surface area (TPSA) is 104 Å². The molecule has 1 N–H and O–H groups in total. The number of benzene rings is 1. The van der Waals surface area contributed by atoms with Crippen LogP contribution in [0.3, 0.4) is 0 Å². The lowest BCUT2D eigenvalue weighted by atomic mass is 10.2. The smallest absolute Gasteiger partial charge is 0.342 e. The average Bonchev–Trinajstić information content (AvgIpc) is 3.30. The number of hydrogen-bond donors (Lipinski definition) is 1. The summed E-state index contributed by atoms with van der Waals surface area (Å²) in [6.07, 6.45) is 1.52. The van der Waals surface area contributed by atoms with Crippen molar-refractivity contribution in [2.75, 3.05) is 25.5 Å². The zero-order valence-corrected chi connectivity index (χ0v) is 19.0. The molecule has 3 rings (SSSR count). The van der Waals surface area contributed by atoms with Crippen LogP contribution in [0, 0.1) is 13.8 Å². The van der Waals surface area contributed by atoms with Gasteiger partial charge in [0.25, 0.3) is 0 Å². The van der Waals surface area contributed by atoms with Crippen LogP contribution in [-0.2, 0) is 9.53 Å². The Kier molecular flexibility index (Phi) is 8.27. The third kappa shape index (κ3) is 6.34. The van der Waals surface area contributed by atoms with Crippen LogP contribution in [0.4, 0.5) is 0 Å². The number of nitrogens with one attached hydrogen (secondary N) is 1. The van der Waals surface area contributed by atoms with E-state index < -0.39 is 5.97 Å². The van der Waals surface area contributed by atoms with Crippen LogP contribution in [0.15, 0.2) is 52.1 Å². The van der Waals surface area contributed by atoms with Crippen molar-refractivity contribution in [1.82, 2.24) is 15.3 Å². The minimum Gasteiger partial charge on any atom is -0.492 e. The van der Waals surface area contributed by atoms with Crippen molar-refractivity contribution in [3.8, 4) is 17.3 Å². The third-order valence-corrected chi connectivity index (χ3v) is 5.28. The van der Waals surface area contributed by atoms with E-state index in [1.165, 1.54) is 6.26 Å². The Morgan fingerprint density at radius 1 is 1.16 bits per heavy atom. The van der Waals surface area contributed by atoms with Crippen LogP contribution in [-0.4, -0.2) is 47.4 Å². The van der Waals surface area contributed by atoms with Crippen molar-refractivity contribution in [2.24, 2.45) is 0 Å². The maximum Gasteiger partial charge on any atom is 0.342 e. The first-order valence-corrected chi connectivity index (χ1v) is 11.1. The van der Waals surface area contributed by atoms with Gasteiger partial charge < -0.3 is 19.2 Å². The summed E-state index contributed by atoms with van der Waals surface area (Å²) in [5, 5.41) is 3.17. The van der Waals surface area contributed by atoms with Crippen LogP contribution in [0.5, 0.6) is 5.75 Å². The van der Waals surface area contributed by atoms with Gasteiger partial charge in [0.15, 0.2) is 11.6 Å². The Hall–Kier alpha value is -3.33. The molecule has 0 bridgehead atoms.